The van der Waals surface area contributed by atoms with Crippen molar-refractivity contribution in [2.24, 2.45) is 0 Å². The maximum absolute atomic E-state index is 12.2. The molecular weight excluding hydrogens is 482 g/mol. The van der Waals surface area contributed by atoms with Gasteiger partial charge >= 0.3 is 11.9 Å². The van der Waals surface area contributed by atoms with Gasteiger partial charge in [-0.2, -0.15) is 0 Å². The maximum Gasteiger partial charge on any atom is 0.341 e. The molecule has 1 amide bonds. The quantitative estimate of drug-likeness (QED) is 0.108. The predicted octanol–water partition coefficient (Wildman–Crippen LogP) is 8.61. The number of benzene rings is 1. The van der Waals surface area contributed by atoms with E-state index in [0.717, 1.165) is 19.3 Å². The predicted molar refractivity (Wildman–Crippen MR) is 153 cm³/mol. The molecule has 0 fully saturated rings. The summed E-state index contributed by atoms with van der Waals surface area (Å²) < 4.78 is 5.00. The van der Waals surface area contributed by atoms with E-state index >= 15 is 0 Å². The number of aromatic carboxylic acids is 1. The monoisotopic (exact) mass is 533 g/mol. The fraction of sp³-hybridized carbons (Fsp3) is 0.710. The maximum atomic E-state index is 12.2. The summed E-state index contributed by atoms with van der Waals surface area (Å²) in [5.41, 5.74) is 0.167. The van der Waals surface area contributed by atoms with Gasteiger partial charge in [0.25, 0.3) is 0 Å². The van der Waals surface area contributed by atoms with Crippen molar-refractivity contribution >= 4 is 23.5 Å². The second-order valence-corrected chi connectivity index (χ2v) is 10.4. The first-order chi connectivity index (χ1) is 18.4. The number of amides is 1. The van der Waals surface area contributed by atoms with E-state index in [1.54, 1.807) is 0 Å². The van der Waals surface area contributed by atoms with Gasteiger partial charge in [0.15, 0.2) is 6.61 Å². The highest BCUT2D eigenvalue weighted by molar-refractivity contribution is 5.95. The van der Waals surface area contributed by atoms with E-state index in [9.17, 15) is 19.5 Å². The van der Waals surface area contributed by atoms with Gasteiger partial charge in [-0.25, -0.2) is 9.59 Å². The van der Waals surface area contributed by atoms with Crippen molar-refractivity contribution < 1.29 is 29.3 Å². The van der Waals surface area contributed by atoms with Crippen LogP contribution in [0.4, 0.5) is 5.69 Å². The normalized spacial score (nSPS) is 10.9. The summed E-state index contributed by atoms with van der Waals surface area (Å²) in [6.07, 6.45) is 25.2. The van der Waals surface area contributed by atoms with E-state index in [1.807, 2.05) is 0 Å². The van der Waals surface area contributed by atoms with Crippen molar-refractivity contribution in [1.29, 1.82) is 0 Å². The second kappa shape index (κ2) is 22.4. The van der Waals surface area contributed by atoms with Crippen LogP contribution in [0.5, 0.6) is 5.75 Å². The number of hydrogen-bond donors (Lipinski definition) is 3. The van der Waals surface area contributed by atoms with E-state index in [2.05, 4.69) is 12.2 Å². The molecule has 0 bridgehead atoms. The van der Waals surface area contributed by atoms with E-state index in [-0.39, 0.29) is 17.2 Å². The van der Waals surface area contributed by atoms with Gasteiger partial charge in [-0.3, -0.25) is 4.79 Å². The molecule has 7 nitrogen and oxygen atoms in total. The first kappa shape index (κ1) is 33.5. The van der Waals surface area contributed by atoms with E-state index in [4.69, 9.17) is 9.84 Å². The molecule has 0 saturated heterocycles. The Bertz CT molecular complexity index is 795. The summed E-state index contributed by atoms with van der Waals surface area (Å²) in [5.74, 6) is -2.65. The first-order valence-electron chi connectivity index (χ1n) is 15.0. The average Bonchev–Trinajstić information content (AvgIpc) is 2.89. The van der Waals surface area contributed by atoms with E-state index in [0.29, 0.717) is 12.1 Å². The molecule has 0 aromatic heterocycles. The zero-order valence-electron chi connectivity index (χ0n) is 23.6. The Hall–Kier alpha value is -2.57. The minimum atomic E-state index is -1.25. The van der Waals surface area contributed by atoms with Crippen LogP contribution in [-0.4, -0.2) is 34.7 Å². The Morgan fingerprint density at radius 2 is 1.13 bits per heavy atom. The summed E-state index contributed by atoms with van der Waals surface area (Å²) >= 11 is 0. The topological polar surface area (TPSA) is 113 Å². The number of nitrogens with one attached hydrogen (secondary N) is 1. The molecule has 0 unspecified atom stereocenters. The van der Waals surface area contributed by atoms with Crippen LogP contribution in [0.15, 0.2) is 18.2 Å². The van der Waals surface area contributed by atoms with Gasteiger partial charge in [-0.15, -0.1) is 0 Å². The number of carbonyl (C=O) groups excluding carboxylic acids is 1. The number of unbranched alkanes of at least 4 members (excludes halogenated alkanes) is 18. The lowest BCUT2D eigenvalue weighted by molar-refractivity contribution is -0.139. The molecule has 216 valence electrons. The van der Waals surface area contributed by atoms with Gasteiger partial charge in [-0.1, -0.05) is 122 Å². The van der Waals surface area contributed by atoms with Crippen molar-refractivity contribution in [3.8, 4) is 5.75 Å². The standard InChI is InChI=1S/C31H51NO6/c1-2-3-4-5-6-7-8-9-10-11-12-13-14-15-16-17-18-19-20-21-29(33)32-26-22-23-28(38-25-30(34)35)27(24-26)31(36)37/h22-24H,2-21,25H2,1H3,(H,32,33)(H,34,35)(H,36,37). The number of aliphatic carboxylic acids is 1. The highest BCUT2D eigenvalue weighted by Gasteiger charge is 2.14. The lowest BCUT2D eigenvalue weighted by Gasteiger charge is -2.10. The number of anilines is 1. The molecule has 0 aliphatic rings. The molecule has 0 aliphatic carbocycles. The molecule has 0 radical (unpaired) electrons. The summed E-state index contributed by atoms with van der Waals surface area (Å²) in [5, 5.41) is 20.7. The molecule has 1 rings (SSSR count). The molecule has 1 aromatic carbocycles. The summed E-state index contributed by atoms with van der Waals surface area (Å²) in [7, 11) is 0. The van der Waals surface area contributed by atoms with Gasteiger partial charge in [0, 0.05) is 12.1 Å². The summed E-state index contributed by atoms with van der Waals surface area (Å²) in [6, 6.07) is 4.16. The SMILES string of the molecule is CCCCCCCCCCCCCCCCCCCCCC(=O)Nc1ccc(OCC(=O)O)c(C(=O)O)c1. The highest BCUT2D eigenvalue weighted by Crippen LogP contribution is 2.23. The van der Waals surface area contributed by atoms with Crippen LogP contribution in [0.2, 0.25) is 0 Å². The van der Waals surface area contributed by atoms with Gasteiger partial charge in [0.2, 0.25) is 5.91 Å². The molecule has 0 saturated carbocycles. The van der Waals surface area contributed by atoms with Crippen LogP contribution in [0.3, 0.4) is 0 Å². The second-order valence-electron chi connectivity index (χ2n) is 10.4. The third kappa shape index (κ3) is 17.8. The lowest BCUT2D eigenvalue weighted by Crippen LogP contribution is -2.14. The van der Waals surface area contributed by atoms with Gasteiger partial charge in [0.1, 0.15) is 11.3 Å². The first-order valence-corrected chi connectivity index (χ1v) is 15.0. The smallest absolute Gasteiger partial charge is 0.341 e. The highest BCUT2D eigenvalue weighted by atomic mass is 16.5. The Kier molecular flexibility index (Phi) is 19.7. The number of carboxylic acid groups (broad SMARTS) is 2. The number of carboxylic acids is 2. The number of hydrogen-bond acceptors (Lipinski definition) is 4. The van der Waals surface area contributed by atoms with Crippen LogP contribution < -0.4 is 10.1 Å². The molecular formula is C31H51NO6. The van der Waals surface area contributed by atoms with Crippen molar-refractivity contribution in [2.45, 2.75) is 135 Å². The van der Waals surface area contributed by atoms with Crippen molar-refractivity contribution in [3.05, 3.63) is 23.8 Å². The Morgan fingerprint density at radius 1 is 0.684 bits per heavy atom. The van der Waals surface area contributed by atoms with E-state index < -0.39 is 18.5 Å². The van der Waals surface area contributed by atoms with Gasteiger partial charge in [-0.05, 0) is 24.6 Å². The molecule has 3 N–H and O–H groups in total. The molecule has 0 heterocycles. The third-order valence-corrected chi connectivity index (χ3v) is 6.85. The van der Waals surface area contributed by atoms with Gasteiger partial charge < -0.3 is 20.3 Å². The number of rotatable bonds is 25. The minimum absolute atomic E-state index is 0.0447. The van der Waals surface area contributed by atoms with Crippen LogP contribution in [0.1, 0.15) is 146 Å². The Labute approximate surface area is 229 Å². The molecule has 0 aliphatic heterocycles. The summed E-state index contributed by atoms with van der Waals surface area (Å²) in [6.45, 7) is 1.64. The largest absolute Gasteiger partial charge is 0.481 e. The molecule has 1 aromatic rings. The Balaban J connectivity index is 1.99. The summed E-state index contributed by atoms with van der Waals surface area (Å²) in [4.78, 5) is 34.3. The van der Waals surface area contributed by atoms with E-state index in [1.165, 1.54) is 121 Å². The number of ether oxygens (including phenoxy) is 1. The molecule has 0 spiro atoms. The minimum Gasteiger partial charge on any atom is -0.481 e. The van der Waals surface area contributed by atoms with Crippen LogP contribution >= 0.6 is 0 Å². The lowest BCUT2D eigenvalue weighted by atomic mass is 10.0. The van der Waals surface area contributed by atoms with Crippen LogP contribution in [-0.2, 0) is 9.59 Å². The zero-order chi connectivity index (χ0) is 27.8. The van der Waals surface area contributed by atoms with Gasteiger partial charge in [0.05, 0.1) is 0 Å². The van der Waals surface area contributed by atoms with Crippen molar-refractivity contribution in [3.63, 3.8) is 0 Å². The molecule has 7 heteroatoms. The fourth-order valence-corrected chi connectivity index (χ4v) is 4.63. The van der Waals surface area contributed by atoms with Crippen LogP contribution in [0, 0.1) is 0 Å². The third-order valence-electron chi connectivity index (χ3n) is 6.85. The molecule has 38 heavy (non-hydrogen) atoms. The fourth-order valence-electron chi connectivity index (χ4n) is 4.63. The number of carbonyl (C=O) groups is 3. The Morgan fingerprint density at radius 3 is 1.55 bits per heavy atom. The van der Waals surface area contributed by atoms with Crippen molar-refractivity contribution in [1.82, 2.24) is 0 Å². The molecule has 0 atom stereocenters. The van der Waals surface area contributed by atoms with Crippen molar-refractivity contribution in [2.75, 3.05) is 11.9 Å². The van der Waals surface area contributed by atoms with Crippen LogP contribution in [0.25, 0.3) is 0 Å². The zero-order valence-corrected chi connectivity index (χ0v) is 23.6. The average molecular weight is 534 g/mol.